The highest BCUT2D eigenvalue weighted by atomic mass is 16.5. The van der Waals surface area contributed by atoms with Crippen LogP contribution in [-0.4, -0.2) is 29.8 Å². The number of aromatic nitrogens is 2. The van der Waals surface area contributed by atoms with Crippen LogP contribution in [0.2, 0.25) is 0 Å². The number of hydrogen-bond donors (Lipinski definition) is 0. The molecule has 1 amide bonds. The van der Waals surface area contributed by atoms with Crippen molar-refractivity contribution in [3.63, 3.8) is 0 Å². The van der Waals surface area contributed by atoms with Crippen LogP contribution in [0.25, 0.3) is 0 Å². The lowest BCUT2D eigenvalue weighted by atomic mass is 10.2. The summed E-state index contributed by atoms with van der Waals surface area (Å²) >= 11 is 0. The Balaban J connectivity index is 1.89. The van der Waals surface area contributed by atoms with Gasteiger partial charge in [0.25, 0.3) is 5.91 Å². The third-order valence-corrected chi connectivity index (χ3v) is 3.20. The standard InChI is InChI=1S/C14H13N3O2/c1-19-13-7-6-11(15-16-13)14(18)17-9-8-10-4-2-3-5-12(10)17/h2-7H,8-9H2,1H3. The predicted molar refractivity (Wildman–Crippen MR) is 70.4 cm³/mol. The summed E-state index contributed by atoms with van der Waals surface area (Å²) < 4.78 is 4.93. The minimum absolute atomic E-state index is 0.125. The Labute approximate surface area is 110 Å². The Bertz CT molecular complexity index is 610. The molecule has 0 saturated heterocycles. The number of ether oxygens (including phenoxy) is 1. The van der Waals surface area contributed by atoms with E-state index < -0.39 is 0 Å². The molecule has 0 spiro atoms. The van der Waals surface area contributed by atoms with Gasteiger partial charge in [-0.25, -0.2) is 0 Å². The van der Waals surface area contributed by atoms with Crippen LogP contribution in [0.1, 0.15) is 16.1 Å². The number of benzene rings is 1. The highest BCUT2D eigenvalue weighted by Gasteiger charge is 2.26. The van der Waals surface area contributed by atoms with Crippen molar-refractivity contribution in [1.82, 2.24) is 10.2 Å². The summed E-state index contributed by atoms with van der Waals surface area (Å²) in [5.41, 5.74) is 2.49. The number of para-hydroxylation sites is 1. The predicted octanol–water partition coefficient (Wildman–Crippen LogP) is 1.69. The van der Waals surface area contributed by atoms with E-state index in [-0.39, 0.29) is 5.91 Å². The molecular weight excluding hydrogens is 242 g/mol. The number of amides is 1. The largest absolute Gasteiger partial charge is 0.480 e. The number of rotatable bonds is 2. The zero-order chi connectivity index (χ0) is 13.2. The maximum Gasteiger partial charge on any atom is 0.278 e. The van der Waals surface area contributed by atoms with Crippen molar-refractivity contribution < 1.29 is 9.53 Å². The van der Waals surface area contributed by atoms with Crippen LogP contribution in [0.5, 0.6) is 5.88 Å². The van der Waals surface area contributed by atoms with Crippen LogP contribution < -0.4 is 9.64 Å². The highest BCUT2D eigenvalue weighted by molar-refractivity contribution is 6.05. The van der Waals surface area contributed by atoms with Crippen LogP contribution in [0.4, 0.5) is 5.69 Å². The molecule has 1 aromatic carbocycles. The summed E-state index contributed by atoms with van der Waals surface area (Å²) in [5, 5.41) is 7.73. The first-order valence-electron chi connectivity index (χ1n) is 6.07. The lowest BCUT2D eigenvalue weighted by Crippen LogP contribution is -2.29. The van der Waals surface area contributed by atoms with Gasteiger partial charge in [0, 0.05) is 18.3 Å². The number of carbonyl (C=O) groups is 1. The third kappa shape index (κ3) is 2.03. The second-order valence-corrected chi connectivity index (χ2v) is 4.30. The van der Waals surface area contributed by atoms with E-state index in [0.29, 0.717) is 18.1 Å². The normalized spacial score (nSPS) is 13.2. The maximum atomic E-state index is 12.4. The molecule has 2 heterocycles. The number of nitrogens with zero attached hydrogens (tertiary/aromatic N) is 3. The molecule has 5 heteroatoms. The lowest BCUT2D eigenvalue weighted by molar-refractivity contribution is 0.0983. The highest BCUT2D eigenvalue weighted by Crippen LogP contribution is 2.28. The molecule has 0 saturated carbocycles. The number of anilines is 1. The summed E-state index contributed by atoms with van der Waals surface area (Å²) in [7, 11) is 1.52. The first kappa shape index (κ1) is 11.6. The molecule has 0 unspecified atom stereocenters. The molecule has 0 bridgehead atoms. The minimum Gasteiger partial charge on any atom is -0.480 e. The van der Waals surface area contributed by atoms with Crippen molar-refractivity contribution in [1.29, 1.82) is 0 Å². The van der Waals surface area contributed by atoms with E-state index in [2.05, 4.69) is 10.2 Å². The maximum absolute atomic E-state index is 12.4. The van der Waals surface area contributed by atoms with Crippen LogP contribution in [0.15, 0.2) is 36.4 Å². The number of carbonyl (C=O) groups excluding carboxylic acids is 1. The summed E-state index contributed by atoms with van der Waals surface area (Å²) in [6.45, 7) is 0.686. The number of methoxy groups -OCH3 is 1. The van der Waals surface area contributed by atoms with Gasteiger partial charge in [-0.3, -0.25) is 4.79 Å². The van der Waals surface area contributed by atoms with E-state index in [0.717, 1.165) is 12.1 Å². The van der Waals surface area contributed by atoms with E-state index in [1.165, 1.54) is 12.7 Å². The summed E-state index contributed by atoms with van der Waals surface area (Å²) in [4.78, 5) is 14.1. The van der Waals surface area contributed by atoms with Crippen molar-refractivity contribution in [2.24, 2.45) is 0 Å². The Morgan fingerprint density at radius 3 is 2.79 bits per heavy atom. The number of fused-ring (bicyclic) bond motifs is 1. The molecule has 0 radical (unpaired) electrons. The van der Waals surface area contributed by atoms with Crippen LogP contribution in [0, 0.1) is 0 Å². The first-order chi connectivity index (χ1) is 9.29. The van der Waals surface area contributed by atoms with Crippen molar-refractivity contribution in [3.05, 3.63) is 47.7 Å². The van der Waals surface area contributed by atoms with Crippen LogP contribution >= 0.6 is 0 Å². The molecular formula is C14H13N3O2. The van der Waals surface area contributed by atoms with Gasteiger partial charge >= 0.3 is 0 Å². The van der Waals surface area contributed by atoms with Crippen molar-refractivity contribution in [2.45, 2.75) is 6.42 Å². The van der Waals surface area contributed by atoms with Gasteiger partial charge in [-0.05, 0) is 24.1 Å². The van der Waals surface area contributed by atoms with Crippen molar-refractivity contribution in [3.8, 4) is 5.88 Å². The molecule has 0 aliphatic carbocycles. The van der Waals surface area contributed by atoms with E-state index in [4.69, 9.17) is 4.74 Å². The molecule has 2 aromatic rings. The molecule has 0 atom stereocenters. The molecule has 0 N–H and O–H groups in total. The Morgan fingerprint density at radius 1 is 1.21 bits per heavy atom. The van der Waals surface area contributed by atoms with E-state index in [9.17, 15) is 4.79 Å². The Morgan fingerprint density at radius 2 is 2.05 bits per heavy atom. The van der Waals surface area contributed by atoms with Gasteiger partial charge in [0.15, 0.2) is 5.69 Å². The zero-order valence-electron chi connectivity index (χ0n) is 10.5. The Kier molecular flexibility index (Phi) is 2.87. The van der Waals surface area contributed by atoms with Crippen molar-refractivity contribution >= 4 is 11.6 Å². The summed E-state index contributed by atoms with van der Waals surface area (Å²) in [6, 6.07) is 11.2. The van der Waals surface area contributed by atoms with Crippen molar-refractivity contribution in [2.75, 3.05) is 18.6 Å². The van der Waals surface area contributed by atoms with Crippen LogP contribution in [-0.2, 0) is 6.42 Å². The summed E-state index contributed by atoms with van der Waals surface area (Å²) in [6.07, 6.45) is 0.880. The van der Waals surface area contributed by atoms with Gasteiger partial charge in [-0.1, -0.05) is 18.2 Å². The molecule has 1 aliphatic rings. The van der Waals surface area contributed by atoms with Gasteiger partial charge in [0.05, 0.1) is 7.11 Å². The average Bonchev–Trinajstić information content (AvgIpc) is 2.90. The molecule has 96 valence electrons. The first-order valence-corrected chi connectivity index (χ1v) is 6.07. The van der Waals surface area contributed by atoms with Gasteiger partial charge in [0.1, 0.15) is 0 Å². The minimum atomic E-state index is -0.125. The molecule has 19 heavy (non-hydrogen) atoms. The topological polar surface area (TPSA) is 55.3 Å². The fourth-order valence-corrected chi connectivity index (χ4v) is 2.23. The molecule has 1 aromatic heterocycles. The van der Waals surface area contributed by atoms with Gasteiger partial charge < -0.3 is 9.64 Å². The monoisotopic (exact) mass is 255 g/mol. The second-order valence-electron chi connectivity index (χ2n) is 4.30. The van der Waals surface area contributed by atoms with Crippen LogP contribution in [0.3, 0.4) is 0 Å². The third-order valence-electron chi connectivity index (χ3n) is 3.20. The van der Waals surface area contributed by atoms with E-state index >= 15 is 0 Å². The smallest absolute Gasteiger partial charge is 0.278 e. The zero-order valence-corrected chi connectivity index (χ0v) is 10.5. The van der Waals surface area contributed by atoms with E-state index in [1.807, 2.05) is 24.3 Å². The lowest BCUT2D eigenvalue weighted by Gasteiger charge is -2.16. The summed E-state index contributed by atoms with van der Waals surface area (Å²) in [5.74, 6) is 0.276. The fourth-order valence-electron chi connectivity index (χ4n) is 2.23. The Hall–Kier alpha value is -2.43. The molecule has 5 nitrogen and oxygen atoms in total. The number of hydrogen-bond acceptors (Lipinski definition) is 4. The molecule has 3 rings (SSSR count). The van der Waals surface area contributed by atoms with E-state index in [1.54, 1.807) is 17.0 Å². The average molecular weight is 255 g/mol. The molecule has 1 aliphatic heterocycles. The van der Waals surface area contributed by atoms with Gasteiger partial charge in [0.2, 0.25) is 5.88 Å². The van der Waals surface area contributed by atoms with Gasteiger partial charge in [-0.15, -0.1) is 10.2 Å². The fraction of sp³-hybridized carbons (Fsp3) is 0.214. The van der Waals surface area contributed by atoms with Gasteiger partial charge in [-0.2, -0.15) is 0 Å². The SMILES string of the molecule is COc1ccc(C(=O)N2CCc3ccccc32)nn1. The quantitative estimate of drug-likeness (QED) is 0.819. The second kappa shape index (κ2) is 4.68. The molecule has 0 fully saturated rings.